The van der Waals surface area contributed by atoms with Crippen molar-refractivity contribution in [3.8, 4) is 5.75 Å². The smallest absolute Gasteiger partial charge is 0.319 e. The van der Waals surface area contributed by atoms with Crippen LogP contribution in [0.5, 0.6) is 5.75 Å². The molecule has 2 amide bonds. The maximum atomic E-state index is 11.8. The molecule has 0 saturated carbocycles. The molecule has 6 nitrogen and oxygen atoms in total. The van der Waals surface area contributed by atoms with E-state index in [1.54, 1.807) is 30.5 Å². The van der Waals surface area contributed by atoms with E-state index in [0.717, 1.165) is 25.2 Å². The first-order valence-corrected chi connectivity index (χ1v) is 7.71. The fourth-order valence-corrected chi connectivity index (χ4v) is 2.37. The molecule has 2 aromatic rings. The molecular weight excluding hydrogens is 296 g/mol. The first kappa shape index (κ1) is 15.4. The first-order chi connectivity index (χ1) is 11.3. The monoisotopic (exact) mass is 316 g/mol. The van der Waals surface area contributed by atoms with Gasteiger partial charge in [0.15, 0.2) is 0 Å². The number of benzene rings is 1. The molecule has 1 aliphatic rings. The Hall–Kier alpha value is -2.47. The Labute approximate surface area is 134 Å². The summed E-state index contributed by atoms with van der Waals surface area (Å²) in [5, 5.41) is 5.60. The minimum atomic E-state index is -0.232. The average molecular weight is 316 g/mol. The van der Waals surface area contributed by atoms with Gasteiger partial charge in [0.05, 0.1) is 12.4 Å². The maximum absolute atomic E-state index is 11.8. The van der Waals surface area contributed by atoms with Crippen molar-refractivity contribution < 1.29 is 18.7 Å². The molecule has 122 valence electrons. The minimum Gasteiger partial charge on any atom is -0.486 e. The van der Waals surface area contributed by atoms with Crippen LogP contribution in [0.4, 0.5) is 10.5 Å². The number of rotatable bonds is 6. The van der Waals surface area contributed by atoms with Crippen LogP contribution in [0.25, 0.3) is 0 Å². The van der Waals surface area contributed by atoms with Crippen LogP contribution in [0.15, 0.2) is 47.1 Å². The molecule has 1 unspecified atom stereocenters. The molecule has 0 aliphatic carbocycles. The van der Waals surface area contributed by atoms with Crippen LogP contribution in [-0.4, -0.2) is 25.3 Å². The van der Waals surface area contributed by atoms with Gasteiger partial charge in [0, 0.05) is 18.8 Å². The van der Waals surface area contributed by atoms with E-state index in [9.17, 15) is 4.79 Å². The molecule has 1 fully saturated rings. The average Bonchev–Trinajstić information content (AvgIpc) is 3.26. The highest BCUT2D eigenvalue weighted by Gasteiger charge is 2.16. The Bertz CT molecular complexity index is 604. The largest absolute Gasteiger partial charge is 0.486 e. The summed E-state index contributed by atoms with van der Waals surface area (Å²) in [7, 11) is 0. The fourth-order valence-electron chi connectivity index (χ4n) is 2.37. The zero-order chi connectivity index (χ0) is 15.9. The number of amides is 2. The van der Waals surface area contributed by atoms with Crippen LogP contribution in [0, 0.1) is 0 Å². The lowest BCUT2D eigenvalue weighted by atomic mass is 10.2. The predicted octanol–water partition coefficient (Wildman–Crippen LogP) is 3.16. The lowest BCUT2D eigenvalue weighted by Gasteiger charge is -2.12. The van der Waals surface area contributed by atoms with E-state index >= 15 is 0 Å². The van der Waals surface area contributed by atoms with Gasteiger partial charge in [-0.15, -0.1) is 0 Å². The number of carbonyl (C=O) groups is 1. The zero-order valence-corrected chi connectivity index (χ0v) is 12.8. The van der Waals surface area contributed by atoms with Crippen molar-refractivity contribution in [1.82, 2.24) is 5.32 Å². The highest BCUT2D eigenvalue weighted by Crippen LogP contribution is 2.17. The van der Waals surface area contributed by atoms with E-state index in [4.69, 9.17) is 13.9 Å². The first-order valence-electron chi connectivity index (χ1n) is 7.71. The van der Waals surface area contributed by atoms with E-state index in [1.165, 1.54) is 0 Å². The summed E-state index contributed by atoms with van der Waals surface area (Å²) in [5.41, 5.74) is 0.709. The molecule has 1 aromatic heterocycles. The highest BCUT2D eigenvalue weighted by atomic mass is 16.5. The lowest BCUT2D eigenvalue weighted by Crippen LogP contribution is -2.34. The van der Waals surface area contributed by atoms with E-state index in [0.29, 0.717) is 24.6 Å². The van der Waals surface area contributed by atoms with Crippen LogP contribution in [0.3, 0.4) is 0 Å². The third-order valence-electron chi connectivity index (χ3n) is 3.59. The lowest BCUT2D eigenvalue weighted by molar-refractivity contribution is 0.112. The van der Waals surface area contributed by atoms with Crippen LogP contribution in [0.2, 0.25) is 0 Å². The predicted molar refractivity (Wildman–Crippen MR) is 85.5 cm³/mol. The molecule has 0 radical (unpaired) electrons. The Morgan fingerprint density at radius 3 is 2.83 bits per heavy atom. The molecular formula is C17H20N2O4. The summed E-state index contributed by atoms with van der Waals surface area (Å²) in [4.78, 5) is 11.8. The molecule has 2 heterocycles. The third-order valence-corrected chi connectivity index (χ3v) is 3.59. The van der Waals surface area contributed by atoms with E-state index in [2.05, 4.69) is 10.6 Å². The minimum absolute atomic E-state index is 0.137. The van der Waals surface area contributed by atoms with Gasteiger partial charge in [0.2, 0.25) is 0 Å². The summed E-state index contributed by atoms with van der Waals surface area (Å²) in [6.07, 6.45) is 3.81. The van der Waals surface area contributed by atoms with Gasteiger partial charge in [-0.1, -0.05) is 0 Å². The van der Waals surface area contributed by atoms with Crippen molar-refractivity contribution in [3.63, 3.8) is 0 Å². The van der Waals surface area contributed by atoms with Gasteiger partial charge in [-0.05, 0) is 49.2 Å². The second-order valence-corrected chi connectivity index (χ2v) is 5.36. The topological polar surface area (TPSA) is 72.7 Å². The molecule has 1 atom stereocenters. The molecule has 1 aromatic carbocycles. The molecule has 0 spiro atoms. The standard InChI is InChI=1S/C17H20N2O4/c20-17(18-11-15-3-1-9-21-15)19-13-5-7-14(8-6-13)23-12-16-4-2-10-22-16/h2,4-8,10,15H,1,3,9,11-12H2,(H2,18,19,20). The van der Waals surface area contributed by atoms with E-state index in [-0.39, 0.29) is 12.1 Å². The SMILES string of the molecule is O=C(NCC1CCCO1)Nc1ccc(OCc2ccco2)cc1. The second kappa shape index (κ2) is 7.69. The normalized spacial score (nSPS) is 17.0. The van der Waals surface area contributed by atoms with Crippen LogP contribution in [0.1, 0.15) is 18.6 Å². The third kappa shape index (κ3) is 4.75. The Morgan fingerprint density at radius 1 is 1.26 bits per heavy atom. The van der Waals surface area contributed by atoms with E-state index in [1.807, 2.05) is 12.1 Å². The van der Waals surface area contributed by atoms with Gasteiger partial charge >= 0.3 is 6.03 Å². The summed E-state index contributed by atoms with van der Waals surface area (Å²) < 4.78 is 16.2. The number of hydrogen-bond acceptors (Lipinski definition) is 4. The van der Waals surface area contributed by atoms with Crippen LogP contribution >= 0.6 is 0 Å². The number of urea groups is 1. The van der Waals surface area contributed by atoms with Crippen molar-refractivity contribution in [3.05, 3.63) is 48.4 Å². The number of ether oxygens (including phenoxy) is 2. The number of nitrogens with one attached hydrogen (secondary N) is 2. The number of carbonyl (C=O) groups excluding carboxylic acids is 1. The molecule has 6 heteroatoms. The Kier molecular flexibility index (Phi) is 5.16. The van der Waals surface area contributed by atoms with Gasteiger partial charge < -0.3 is 24.5 Å². The summed E-state index contributed by atoms with van der Waals surface area (Å²) >= 11 is 0. The highest BCUT2D eigenvalue weighted by molar-refractivity contribution is 5.89. The fraction of sp³-hybridized carbons (Fsp3) is 0.353. The van der Waals surface area contributed by atoms with E-state index < -0.39 is 0 Å². The summed E-state index contributed by atoms with van der Waals surface area (Å²) in [5.74, 6) is 1.48. The van der Waals surface area contributed by atoms with Crippen LogP contribution in [-0.2, 0) is 11.3 Å². The summed E-state index contributed by atoms with van der Waals surface area (Å²) in [6, 6.07) is 10.6. The Balaban J connectivity index is 1.42. The van der Waals surface area contributed by atoms with Gasteiger partial charge in [0.1, 0.15) is 18.1 Å². The summed E-state index contributed by atoms with van der Waals surface area (Å²) in [6.45, 7) is 1.70. The quantitative estimate of drug-likeness (QED) is 0.858. The zero-order valence-electron chi connectivity index (χ0n) is 12.8. The number of furan rings is 1. The molecule has 0 bridgehead atoms. The van der Waals surface area contributed by atoms with Crippen molar-refractivity contribution >= 4 is 11.7 Å². The maximum Gasteiger partial charge on any atom is 0.319 e. The molecule has 1 aliphatic heterocycles. The number of anilines is 1. The van der Waals surface area contributed by atoms with Crippen molar-refractivity contribution in [2.75, 3.05) is 18.5 Å². The van der Waals surface area contributed by atoms with Crippen molar-refractivity contribution in [2.45, 2.75) is 25.6 Å². The van der Waals surface area contributed by atoms with Crippen LogP contribution < -0.4 is 15.4 Å². The van der Waals surface area contributed by atoms with Gasteiger partial charge in [-0.3, -0.25) is 0 Å². The van der Waals surface area contributed by atoms with Gasteiger partial charge in [-0.2, -0.15) is 0 Å². The Morgan fingerprint density at radius 2 is 2.13 bits per heavy atom. The van der Waals surface area contributed by atoms with Gasteiger partial charge in [0.25, 0.3) is 0 Å². The number of hydrogen-bond donors (Lipinski definition) is 2. The van der Waals surface area contributed by atoms with Gasteiger partial charge in [-0.25, -0.2) is 4.79 Å². The molecule has 23 heavy (non-hydrogen) atoms. The second-order valence-electron chi connectivity index (χ2n) is 5.36. The molecule has 2 N–H and O–H groups in total. The van der Waals surface area contributed by atoms with Crippen molar-refractivity contribution in [1.29, 1.82) is 0 Å². The van der Waals surface area contributed by atoms with Crippen molar-refractivity contribution in [2.24, 2.45) is 0 Å². The molecule has 3 rings (SSSR count). The molecule has 1 saturated heterocycles.